The molecule has 0 aliphatic rings. The predicted octanol–water partition coefficient (Wildman–Crippen LogP) is 5.74. The lowest BCUT2D eigenvalue weighted by molar-refractivity contribution is -0.114. The molecule has 3 aromatic carbocycles. The summed E-state index contributed by atoms with van der Waals surface area (Å²) < 4.78 is 7.76. The molecular weight excluding hydrogens is 570 g/mol. The van der Waals surface area contributed by atoms with Crippen LogP contribution in [-0.2, 0) is 11.3 Å². The second-order valence-electron chi connectivity index (χ2n) is 10.9. The number of rotatable bonds is 13. The van der Waals surface area contributed by atoms with E-state index in [0.29, 0.717) is 53.8 Å². The number of fused-ring (bicyclic) bond motifs is 1. The van der Waals surface area contributed by atoms with Crippen molar-refractivity contribution in [3.8, 4) is 22.8 Å². The van der Waals surface area contributed by atoms with E-state index in [4.69, 9.17) is 9.72 Å². The van der Waals surface area contributed by atoms with E-state index in [1.54, 1.807) is 31.5 Å². The van der Waals surface area contributed by atoms with Crippen molar-refractivity contribution in [2.75, 3.05) is 50.2 Å². The molecule has 4 N–H and O–H groups in total. The third-order valence-corrected chi connectivity index (χ3v) is 7.31. The lowest BCUT2D eigenvalue weighted by Crippen LogP contribution is -2.17. The van der Waals surface area contributed by atoms with Gasteiger partial charge < -0.3 is 35.3 Å². The van der Waals surface area contributed by atoms with Gasteiger partial charge in [-0.15, -0.1) is 0 Å². The number of ether oxygens (including phenoxy) is 1. The maximum absolute atomic E-state index is 12.1. The molecule has 0 saturated carbocycles. The molecule has 0 radical (unpaired) electrons. The first-order valence-electron chi connectivity index (χ1n) is 14.6. The summed E-state index contributed by atoms with van der Waals surface area (Å²) in [6, 6.07) is 18.5. The highest BCUT2D eigenvalue weighted by molar-refractivity contribution is 5.99. The van der Waals surface area contributed by atoms with Gasteiger partial charge in [-0.05, 0) is 69.0 Å². The Morgan fingerprint density at radius 1 is 1.09 bits per heavy atom. The normalized spacial score (nSPS) is 11.0. The maximum atomic E-state index is 12.1. The minimum Gasteiger partial charge on any atom is -0.507 e. The number of amides is 1. The number of phenolic OH excluding ortho intramolecular Hbond substituents is 1. The number of aldehydes is 1. The molecule has 0 unspecified atom stereocenters. The van der Waals surface area contributed by atoms with E-state index in [2.05, 4.69) is 30.4 Å². The molecule has 1 amide bonds. The Kier molecular flexibility index (Phi) is 9.59. The maximum Gasteiger partial charge on any atom is 0.227 e. The largest absolute Gasteiger partial charge is 0.507 e. The molecule has 11 nitrogen and oxygen atoms in total. The fraction of sp³-hybridized carbons (Fsp3) is 0.235. The molecule has 0 fully saturated rings. The van der Waals surface area contributed by atoms with Crippen molar-refractivity contribution in [2.45, 2.75) is 19.9 Å². The number of benzene rings is 3. The Bertz CT molecular complexity index is 1830. The number of carbonyl (C=O) groups is 2. The van der Waals surface area contributed by atoms with E-state index in [9.17, 15) is 14.7 Å². The van der Waals surface area contributed by atoms with Gasteiger partial charge in [-0.25, -0.2) is 9.97 Å². The number of aromatic nitrogens is 3. The first-order valence-corrected chi connectivity index (χ1v) is 14.6. The van der Waals surface area contributed by atoms with Crippen molar-refractivity contribution in [2.24, 2.45) is 0 Å². The van der Waals surface area contributed by atoms with Crippen LogP contribution in [-0.4, -0.2) is 71.0 Å². The standard InChI is InChI=1S/C34H37N7O4/c1-22(43)37-28-11-13-31(45-4)33(35-15-7-17-40(2)3)32(28)39-34-36-16-14-27(38-34)26-20-41(29-9-6-5-8-25(26)29)19-23-10-12-30(44)24(18-23)21-42/h5-6,8-14,16,18,20-21,35,44H,7,15,17,19H2,1-4H3,(H,37,43)(H,36,38,39). The summed E-state index contributed by atoms with van der Waals surface area (Å²) in [5.41, 5.74) is 5.56. The topological polar surface area (TPSA) is 134 Å². The van der Waals surface area contributed by atoms with E-state index < -0.39 is 0 Å². The van der Waals surface area contributed by atoms with Crippen LogP contribution in [0.5, 0.6) is 11.5 Å². The van der Waals surface area contributed by atoms with Crippen LogP contribution in [0.4, 0.5) is 23.0 Å². The lowest BCUT2D eigenvalue weighted by atomic mass is 10.1. The Balaban J connectivity index is 1.51. The number of nitrogens with zero attached hydrogens (tertiary/aromatic N) is 4. The van der Waals surface area contributed by atoms with Crippen molar-refractivity contribution in [1.29, 1.82) is 0 Å². The summed E-state index contributed by atoms with van der Waals surface area (Å²) in [7, 11) is 5.67. The number of methoxy groups -OCH3 is 1. The van der Waals surface area contributed by atoms with Gasteiger partial charge in [-0.1, -0.05) is 24.3 Å². The molecule has 0 spiro atoms. The smallest absolute Gasteiger partial charge is 0.227 e. The molecule has 11 heteroatoms. The third-order valence-electron chi connectivity index (χ3n) is 7.31. The predicted molar refractivity (Wildman–Crippen MR) is 178 cm³/mol. The second-order valence-corrected chi connectivity index (χ2v) is 10.9. The molecule has 0 atom stereocenters. The number of hydrogen-bond acceptors (Lipinski definition) is 9. The number of aromatic hydroxyl groups is 1. The molecular formula is C34H37N7O4. The summed E-state index contributed by atoms with van der Waals surface area (Å²) in [6.45, 7) is 3.54. The van der Waals surface area contributed by atoms with Crippen LogP contribution in [0.25, 0.3) is 22.2 Å². The van der Waals surface area contributed by atoms with E-state index in [1.165, 1.54) is 13.0 Å². The van der Waals surface area contributed by atoms with Crippen LogP contribution < -0.4 is 20.7 Å². The summed E-state index contributed by atoms with van der Waals surface area (Å²) >= 11 is 0. The molecule has 0 aliphatic heterocycles. The van der Waals surface area contributed by atoms with Gasteiger partial charge in [0.1, 0.15) is 17.2 Å². The zero-order chi connectivity index (χ0) is 31.9. The molecule has 2 heterocycles. The molecule has 232 valence electrons. The van der Waals surface area contributed by atoms with Gasteiger partial charge >= 0.3 is 0 Å². The lowest BCUT2D eigenvalue weighted by Gasteiger charge is -2.20. The van der Waals surface area contributed by atoms with Crippen LogP contribution in [0.1, 0.15) is 29.3 Å². The number of carbonyl (C=O) groups excluding carboxylic acids is 2. The Morgan fingerprint density at radius 3 is 2.67 bits per heavy atom. The fourth-order valence-corrected chi connectivity index (χ4v) is 5.22. The molecule has 5 aromatic rings. The first kappa shape index (κ1) is 31.0. The van der Waals surface area contributed by atoms with Gasteiger partial charge in [0.25, 0.3) is 0 Å². The zero-order valence-corrected chi connectivity index (χ0v) is 25.8. The van der Waals surface area contributed by atoms with Gasteiger partial charge in [-0.2, -0.15) is 0 Å². The summed E-state index contributed by atoms with van der Waals surface area (Å²) in [5.74, 6) is 0.702. The van der Waals surface area contributed by atoms with Crippen molar-refractivity contribution < 1.29 is 19.4 Å². The minimum absolute atomic E-state index is 0.0440. The third kappa shape index (κ3) is 7.22. The van der Waals surface area contributed by atoms with Gasteiger partial charge in [0.2, 0.25) is 11.9 Å². The monoisotopic (exact) mass is 607 g/mol. The molecule has 45 heavy (non-hydrogen) atoms. The SMILES string of the molecule is COc1ccc(NC(C)=O)c(Nc2nccc(-c3cn(Cc4ccc(O)c(C=O)c4)c4ccccc34)n2)c1NCCCN(C)C. The van der Waals surface area contributed by atoms with Crippen LogP contribution >= 0.6 is 0 Å². The molecule has 0 bridgehead atoms. The van der Waals surface area contributed by atoms with Gasteiger partial charge in [0.15, 0.2) is 6.29 Å². The van der Waals surface area contributed by atoms with E-state index in [1.807, 2.05) is 56.7 Å². The summed E-state index contributed by atoms with van der Waals surface area (Å²) in [4.78, 5) is 35.0. The van der Waals surface area contributed by atoms with Crippen LogP contribution in [0, 0.1) is 0 Å². The quantitative estimate of drug-likeness (QED) is 0.0977. The first-order chi connectivity index (χ1) is 21.8. The molecule has 0 saturated heterocycles. The molecule has 0 aliphatic carbocycles. The highest BCUT2D eigenvalue weighted by atomic mass is 16.5. The zero-order valence-electron chi connectivity index (χ0n) is 25.8. The average molecular weight is 608 g/mol. The summed E-state index contributed by atoms with van der Waals surface area (Å²) in [6.07, 6.45) is 5.26. The Morgan fingerprint density at radius 2 is 1.91 bits per heavy atom. The highest BCUT2D eigenvalue weighted by Crippen LogP contribution is 2.40. The van der Waals surface area contributed by atoms with Crippen LogP contribution in [0.15, 0.2) is 73.1 Å². The van der Waals surface area contributed by atoms with E-state index in [0.717, 1.165) is 35.0 Å². The average Bonchev–Trinajstić information content (AvgIpc) is 3.39. The van der Waals surface area contributed by atoms with Crippen molar-refractivity contribution in [1.82, 2.24) is 19.4 Å². The van der Waals surface area contributed by atoms with Crippen molar-refractivity contribution in [3.05, 3.63) is 84.2 Å². The second kappa shape index (κ2) is 13.9. The molecule has 5 rings (SSSR count). The highest BCUT2D eigenvalue weighted by Gasteiger charge is 2.18. The van der Waals surface area contributed by atoms with Crippen LogP contribution in [0.2, 0.25) is 0 Å². The molecule has 2 aromatic heterocycles. The van der Waals surface area contributed by atoms with Crippen LogP contribution in [0.3, 0.4) is 0 Å². The van der Waals surface area contributed by atoms with Crippen molar-refractivity contribution >= 4 is 46.1 Å². The summed E-state index contributed by atoms with van der Waals surface area (Å²) in [5, 5.41) is 20.7. The van der Waals surface area contributed by atoms with Gasteiger partial charge in [0, 0.05) is 48.9 Å². The Hall–Kier alpha value is -5.42. The van der Waals surface area contributed by atoms with E-state index in [-0.39, 0.29) is 17.2 Å². The number of para-hydroxylation sites is 1. The number of anilines is 4. The number of phenols is 1. The van der Waals surface area contributed by atoms with Gasteiger partial charge in [-0.3, -0.25) is 9.59 Å². The van der Waals surface area contributed by atoms with E-state index >= 15 is 0 Å². The minimum atomic E-state index is -0.210. The number of hydrogen-bond donors (Lipinski definition) is 4. The number of nitrogens with one attached hydrogen (secondary N) is 3. The van der Waals surface area contributed by atoms with Crippen molar-refractivity contribution in [3.63, 3.8) is 0 Å². The fourth-order valence-electron chi connectivity index (χ4n) is 5.22. The Labute approximate surface area is 261 Å². The van der Waals surface area contributed by atoms with Gasteiger partial charge in [0.05, 0.1) is 29.7 Å².